The Bertz CT molecular complexity index is 1370. The lowest BCUT2D eigenvalue weighted by atomic mass is 10.0. The molecular weight excluding hydrogens is 537 g/mol. The van der Waals surface area contributed by atoms with Crippen LogP contribution >= 0.6 is 11.6 Å². The first-order chi connectivity index (χ1) is 18.5. The molecule has 0 unspecified atom stereocenters. The van der Waals surface area contributed by atoms with Crippen LogP contribution in [-0.2, 0) is 17.5 Å². The number of aliphatic hydroxyl groups excluding tert-OH is 1. The van der Waals surface area contributed by atoms with Gasteiger partial charge in [0.15, 0.2) is 0 Å². The number of carbonyl (C=O) groups is 1. The van der Waals surface area contributed by atoms with Crippen LogP contribution in [0.4, 0.5) is 13.2 Å². The largest absolute Gasteiger partial charge is 0.506 e. The number of benzene rings is 2. The number of aromatic hydroxyl groups is 1. The summed E-state index contributed by atoms with van der Waals surface area (Å²) in [5.41, 5.74) is -0.0573. The van der Waals surface area contributed by atoms with E-state index < -0.39 is 17.8 Å². The van der Waals surface area contributed by atoms with Crippen molar-refractivity contribution >= 4 is 28.4 Å². The molecule has 0 bridgehead atoms. The Morgan fingerprint density at radius 3 is 2.62 bits per heavy atom. The number of alkyl halides is 3. The third kappa shape index (κ3) is 7.51. The predicted octanol–water partition coefficient (Wildman–Crippen LogP) is 3.70. The van der Waals surface area contributed by atoms with Crippen molar-refractivity contribution in [3.8, 4) is 5.75 Å². The summed E-state index contributed by atoms with van der Waals surface area (Å²) >= 11 is 5.99. The Hall–Kier alpha value is -3.12. The van der Waals surface area contributed by atoms with Crippen LogP contribution in [0.25, 0.3) is 10.9 Å². The number of aromatic amines is 1. The third-order valence-corrected chi connectivity index (χ3v) is 7.33. The number of rotatable bonds is 9. The van der Waals surface area contributed by atoms with Crippen molar-refractivity contribution in [1.29, 1.82) is 0 Å². The zero-order chi connectivity index (χ0) is 28.2. The minimum atomic E-state index is -4.48. The van der Waals surface area contributed by atoms with Gasteiger partial charge in [-0.3, -0.25) is 9.59 Å². The number of nitrogens with zero attached hydrogens (tertiary/aromatic N) is 1. The predicted molar refractivity (Wildman–Crippen MR) is 142 cm³/mol. The molecular formula is C27H30ClF3N4O4. The second-order valence-electron chi connectivity index (χ2n) is 9.66. The van der Waals surface area contributed by atoms with E-state index in [0.717, 1.165) is 38.1 Å². The molecule has 0 aliphatic carbocycles. The Morgan fingerprint density at radius 2 is 1.90 bits per heavy atom. The number of aliphatic hydroxyl groups is 1. The lowest BCUT2D eigenvalue weighted by molar-refractivity contribution is -0.137. The van der Waals surface area contributed by atoms with E-state index in [4.69, 9.17) is 11.6 Å². The van der Waals surface area contributed by atoms with Gasteiger partial charge in [-0.1, -0.05) is 17.7 Å². The molecule has 0 spiro atoms. The van der Waals surface area contributed by atoms with E-state index in [1.54, 1.807) is 12.1 Å². The molecule has 0 saturated carbocycles. The summed E-state index contributed by atoms with van der Waals surface area (Å²) in [4.78, 5) is 28.6. The van der Waals surface area contributed by atoms with E-state index in [1.807, 2.05) is 0 Å². The zero-order valence-corrected chi connectivity index (χ0v) is 21.8. The van der Waals surface area contributed by atoms with Gasteiger partial charge in [-0.2, -0.15) is 13.2 Å². The second-order valence-corrected chi connectivity index (χ2v) is 10.1. The molecule has 8 nitrogen and oxygen atoms in total. The van der Waals surface area contributed by atoms with Gasteiger partial charge in [-0.15, -0.1) is 0 Å². The molecule has 12 heteroatoms. The van der Waals surface area contributed by atoms with Gasteiger partial charge in [0, 0.05) is 48.6 Å². The molecule has 1 aliphatic heterocycles. The van der Waals surface area contributed by atoms with Crippen LogP contribution in [0.2, 0.25) is 5.02 Å². The maximum Gasteiger partial charge on any atom is 0.416 e. The number of aromatic nitrogens is 1. The normalized spacial score (nSPS) is 15.9. The highest BCUT2D eigenvalue weighted by Gasteiger charge is 2.31. The number of phenolic OH excluding ortho intramolecular Hbond substituents is 1. The Kier molecular flexibility index (Phi) is 9.16. The first-order valence-electron chi connectivity index (χ1n) is 12.6. The topological polar surface area (TPSA) is 118 Å². The van der Waals surface area contributed by atoms with Crippen LogP contribution in [0.3, 0.4) is 0 Å². The van der Waals surface area contributed by atoms with Crippen LogP contribution in [0.5, 0.6) is 5.75 Å². The molecule has 1 saturated heterocycles. The molecule has 1 atom stereocenters. The SMILES string of the molecule is O=C(CCN1CCC(NC[C@H](O)c2ccc(O)c3[nH]c(=O)ccc23)CC1)NCc1cc(C(F)(F)F)ccc1Cl. The van der Waals surface area contributed by atoms with Gasteiger partial charge < -0.3 is 30.7 Å². The van der Waals surface area contributed by atoms with Gasteiger partial charge in [-0.05, 0) is 67.4 Å². The summed E-state index contributed by atoms with van der Waals surface area (Å²) in [6.07, 6.45) is -3.48. The third-order valence-electron chi connectivity index (χ3n) is 6.96. The number of likely N-dealkylation sites (tertiary alicyclic amines) is 1. The molecule has 1 aliphatic rings. The molecule has 3 aromatic rings. The van der Waals surface area contributed by atoms with Crippen LogP contribution in [0.1, 0.15) is 42.1 Å². The van der Waals surface area contributed by atoms with E-state index in [0.29, 0.717) is 24.0 Å². The Labute approximate surface area is 227 Å². The van der Waals surface area contributed by atoms with Crippen molar-refractivity contribution in [3.63, 3.8) is 0 Å². The molecule has 39 heavy (non-hydrogen) atoms. The monoisotopic (exact) mass is 566 g/mol. The fourth-order valence-electron chi connectivity index (χ4n) is 4.73. The number of phenols is 1. The minimum Gasteiger partial charge on any atom is -0.506 e. The second kappa shape index (κ2) is 12.4. The standard InChI is InChI=1S/C27H30ClF3N4O4/c28-21-4-1-17(27(29,30)31)13-16(21)14-33-24(38)9-12-35-10-7-18(8-11-35)32-15-23(37)19-2-5-22(36)26-20(19)3-6-25(39)34-26/h1-6,13,18,23,32,36-37H,7-12,14-15H2,(H,33,38)(H,34,39)/t23-/m0/s1. The summed E-state index contributed by atoms with van der Waals surface area (Å²) in [6.45, 7) is 2.25. The lowest BCUT2D eigenvalue weighted by Crippen LogP contribution is -2.44. The average Bonchev–Trinajstić information content (AvgIpc) is 2.90. The smallest absolute Gasteiger partial charge is 0.416 e. The Balaban J connectivity index is 1.19. The molecule has 210 valence electrons. The number of hydrogen-bond acceptors (Lipinski definition) is 6. The highest BCUT2D eigenvalue weighted by Crippen LogP contribution is 2.32. The minimum absolute atomic E-state index is 0.0629. The molecule has 5 N–H and O–H groups in total. The number of halogens is 4. The fourth-order valence-corrected chi connectivity index (χ4v) is 4.91. The maximum atomic E-state index is 12.9. The van der Waals surface area contributed by atoms with Crippen molar-refractivity contribution in [2.24, 2.45) is 0 Å². The average molecular weight is 567 g/mol. The highest BCUT2D eigenvalue weighted by atomic mass is 35.5. The van der Waals surface area contributed by atoms with Gasteiger partial charge in [0.05, 0.1) is 17.2 Å². The van der Waals surface area contributed by atoms with Crippen molar-refractivity contribution < 1.29 is 28.2 Å². The van der Waals surface area contributed by atoms with Crippen LogP contribution in [-0.4, -0.2) is 58.2 Å². The summed E-state index contributed by atoms with van der Waals surface area (Å²) in [7, 11) is 0. The van der Waals surface area contributed by atoms with Crippen LogP contribution < -0.4 is 16.2 Å². The number of H-pyrrole nitrogens is 1. The van der Waals surface area contributed by atoms with Crippen LogP contribution in [0, 0.1) is 0 Å². The molecule has 2 heterocycles. The van der Waals surface area contributed by atoms with E-state index >= 15 is 0 Å². The van der Waals surface area contributed by atoms with Gasteiger partial charge in [0.1, 0.15) is 5.75 Å². The van der Waals surface area contributed by atoms with Crippen LogP contribution in [0.15, 0.2) is 47.3 Å². The number of nitrogens with one attached hydrogen (secondary N) is 3. The molecule has 1 aromatic heterocycles. The number of hydrogen-bond donors (Lipinski definition) is 5. The van der Waals surface area contributed by atoms with Crippen molar-refractivity contribution in [2.75, 3.05) is 26.2 Å². The van der Waals surface area contributed by atoms with E-state index in [2.05, 4.69) is 20.5 Å². The molecule has 1 amide bonds. The van der Waals surface area contributed by atoms with E-state index in [1.165, 1.54) is 18.2 Å². The van der Waals surface area contributed by atoms with Gasteiger partial charge in [-0.25, -0.2) is 0 Å². The summed E-state index contributed by atoms with van der Waals surface area (Å²) in [6, 6.07) is 9.22. The molecule has 4 rings (SSSR count). The quantitative estimate of drug-likeness (QED) is 0.270. The molecule has 1 fully saturated rings. The Morgan fingerprint density at radius 1 is 1.15 bits per heavy atom. The highest BCUT2D eigenvalue weighted by molar-refractivity contribution is 6.31. The first kappa shape index (κ1) is 28.9. The number of amides is 1. The van der Waals surface area contributed by atoms with E-state index in [9.17, 15) is 33.0 Å². The maximum absolute atomic E-state index is 12.9. The van der Waals surface area contributed by atoms with Crippen molar-refractivity contribution in [1.82, 2.24) is 20.5 Å². The van der Waals surface area contributed by atoms with E-state index in [-0.39, 0.29) is 52.3 Å². The number of carbonyl (C=O) groups excluding carboxylic acids is 1. The number of pyridine rings is 1. The lowest BCUT2D eigenvalue weighted by Gasteiger charge is -2.32. The van der Waals surface area contributed by atoms with Crippen molar-refractivity contribution in [2.45, 2.75) is 44.1 Å². The summed E-state index contributed by atoms with van der Waals surface area (Å²) in [5.74, 6) is -0.332. The fraction of sp³-hybridized carbons (Fsp3) is 0.407. The zero-order valence-electron chi connectivity index (χ0n) is 21.0. The summed E-state index contributed by atoms with van der Waals surface area (Å²) < 4.78 is 38.8. The summed E-state index contributed by atoms with van der Waals surface area (Å²) in [5, 5.41) is 27.5. The molecule has 0 radical (unpaired) electrons. The molecule has 2 aromatic carbocycles. The van der Waals surface area contributed by atoms with Gasteiger partial charge in [0.25, 0.3) is 0 Å². The number of piperidine rings is 1. The van der Waals surface area contributed by atoms with Gasteiger partial charge >= 0.3 is 6.18 Å². The number of fused-ring (bicyclic) bond motifs is 1. The van der Waals surface area contributed by atoms with Crippen molar-refractivity contribution in [3.05, 3.63) is 74.5 Å². The first-order valence-corrected chi connectivity index (χ1v) is 13.0. The van der Waals surface area contributed by atoms with Gasteiger partial charge in [0.2, 0.25) is 11.5 Å².